The van der Waals surface area contributed by atoms with Crippen molar-refractivity contribution in [2.45, 2.75) is 51.4 Å². The normalized spacial score (nSPS) is 53.5. The van der Waals surface area contributed by atoms with Gasteiger partial charge in [0.05, 0.1) is 18.1 Å². The van der Waals surface area contributed by atoms with Crippen LogP contribution < -0.4 is 0 Å². The second-order valence-corrected chi connectivity index (χ2v) is 6.74. The van der Waals surface area contributed by atoms with Gasteiger partial charge in [-0.15, -0.1) is 0 Å². The molecule has 1 saturated heterocycles. The number of ether oxygens (including phenoxy) is 1. The number of rotatable bonds is 0. The second-order valence-electron chi connectivity index (χ2n) is 6.74. The highest BCUT2D eigenvalue weighted by Gasteiger charge is 2.61. The van der Waals surface area contributed by atoms with E-state index in [1.54, 1.807) is 0 Å². The Labute approximate surface area is 113 Å². The van der Waals surface area contributed by atoms with E-state index in [2.05, 4.69) is 6.58 Å². The van der Waals surface area contributed by atoms with Gasteiger partial charge in [0.15, 0.2) is 0 Å². The number of carbonyl (C=O) groups excluding carboxylic acids is 1. The van der Waals surface area contributed by atoms with Crippen molar-refractivity contribution >= 4 is 5.97 Å². The summed E-state index contributed by atoms with van der Waals surface area (Å²) in [5, 5.41) is 20.8. The first-order chi connectivity index (χ1) is 8.86. The zero-order valence-electron chi connectivity index (χ0n) is 11.5. The van der Waals surface area contributed by atoms with Crippen molar-refractivity contribution in [2.24, 2.45) is 23.2 Å². The van der Waals surface area contributed by atoms with Crippen molar-refractivity contribution in [2.75, 3.05) is 0 Å². The molecule has 0 amide bonds. The van der Waals surface area contributed by atoms with Crippen molar-refractivity contribution in [3.63, 3.8) is 0 Å². The van der Waals surface area contributed by atoms with Gasteiger partial charge in [-0.2, -0.15) is 0 Å². The molecular weight excluding hydrogens is 244 g/mol. The Balaban J connectivity index is 2.02. The van der Waals surface area contributed by atoms with Gasteiger partial charge in [-0.3, -0.25) is 4.79 Å². The molecule has 0 aromatic carbocycles. The fourth-order valence-corrected chi connectivity index (χ4v) is 4.54. The van der Waals surface area contributed by atoms with Crippen molar-refractivity contribution in [1.29, 1.82) is 0 Å². The Kier molecular flexibility index (Phi) is 2.81. The van der Waals surface area contributed by atoms with Crippen molar-refractivity contribution < 1.29 is 19.7 Å². The monoisotopic (exact) mass is 266 g/mol. The molecule has 0 bridgehead atoms. The van der Waals surface area contributed by atoms with E-state index >= 15 is 0 Å². The van der Waals surface area contributed by atoms with Crippen LogP contribution in [0.25, 0.3) is 0 Å². The van der Waals surface area contributed by atoms with Gasteiger partial charge in [-0.25, -0.2) is 0 Å². The van der Waals surface area contributed by atoms with Crippen LogP contribution in [0.1, 0.15) is 33.1 Å². The Morgan fingerprint density at radius 1 is 1.42 bits per heavy atom. The van der Waals surface area contributed by atoms with E-state index in [1.165, 1.54) is 0 Å². The van der Waals surface area contributed by atoms with Crippen LogP contribution in [0.2, 0.25) is 0 Å². The summed E-state index contributed by atoms with van der Waals surface area (Å²) in [6.45, 7) is 7.94. The Morgan fingerprint density at radius 3 is 2.79 bits per heavy atom. The summed E-state index contributed by atoms with van der Waals surface area (Å²) in [4.78, 5) is 11.8. The van der Waals surface area contributed by atoms with Crippen LogP contribution in [0.15, 0.2) is 12.2 Å². The Morgan fingerprint density at radius 2 is 2.11 bits per heavy atom. The molecule has 0 aromatic heterocycles. The third-order valence-corrected chi connectivity index (χ3v) is 5.65. The average molecular weight is 266 g/mol. The minimum Gasteiger partial charge on any atom is -0.461 e. The van der Waals surface area contributed by atoms with E-state index in [9.17, 15) is 15.0 Å². The zero-order chi connectivity index (χ0) is 13.9. The summed E-state index contributed by atoms with van der Waals surface area (Å²) in [6, 6.07) is 0. The lowest BCUT2D eigenvalue weighted by Crippen LogP contribution is -2.57. The zero-order valence-corrected chi connectivity index (χ0v) is 11.5. The lowest BCUT2D eigenvalue weighted by atomic mass is 9.53. The molecular formula is C15H22O4. The van der Waals surface area contributed by atoms with Crippen molar-refractivity contribution in [3.05, 3.63) is 12.2 Å². The fraction of sp³-hybridized carbons (Fsp3) is 0.800. The maximum Gasteiger partial charge on any atom is 0.309 e. The highest BCUT2D eigenvalue weighted by molar-refractivity contribution is 5.75. The molecule has 4 nitrogen and oxygen atoms in total. The number of esters is 1. The number of carbonyl (C=O) groups is 1. The summed E-state index contributed by atoms with van der Waals surface area (Å²) in [7, 11) is 0. The van der Waals surface area contributed by atoms with Gasteiger partial charge in [0, 0.05) is 17.3 Å². The molecule has 1 heterocycles. The minimum absolute atomic E-state index is 0.0291. The first-order valence-electron chi connectivity index (χ1n) is 7.10. The largest absolute Gasteiger partial charge is 0.461 e. The van der Waals surface area contributed by atoms with E-state index < -0.39 is 17.6 Å². The summed E-state index contributed by atoms with van der Waals surface area (Å²) >= 11 is 0. The van der Waals surface area contributed by atoms with Gasteiger partial charge in [-0.1, -0.05) is 26.0 Å². The van der Waals surface area contributed by atoms with Gasteiger partial charge in [0.2, 0.25) is 0 Å². The summed E-state index contributed by atoms with van der Waals surface area (Å²) < 4.78 is 5.53. The van der Waals surface area contributed by atoms with Gasteiger partial charge >= 0.3 is 5.97 Å². The molecule has 0 radical (unpaired) electrons. The molecule has 3 rings (SSSR count). The van der Waals surface area contributed by atoms with Crippen molar-refractivity contribution in [1.82, 2.24) is 0 Å². The number of aliphatic hydroxyl groups excluding tert-OH is 2. The fourth-order valence-electron chi connectivity index (χ4n) is 4.54. The third kappa shape index (κ3) is 1.62. The number of fused-ring (bicyclic) bond motifs is 3. The van der Waals surface area contributed by atoms with E-state index in [-0.39, 0.29) is 29.8 Å². The molecule has 2 saturated carbocycles. The first kappa shape index (κ1) is 13.1. The SMILES string of the molecule is C=C1CC[C@@H](O)[C@]2(C)C[C@H](O)[C@@H]3[C@H](OC(=O)[C@@H]3C)[C@@H]12. The molecule has 19 heavy (non-hydrogen) atoms. The van der Waals surface area contributed by atoms with Crippen LogP contribution in [0.3, 0.4) is 0 Å². The topological polar surface area (TPSA) is 66.8 Å². The Hall–Kier alpha value is -0.870. The molecule has 7 atom stereocenters. The molecule has 106 valence electrons. The molecule has 0 aromatic rings. The quantitative estimate of drug-likeness (QED) is 0.512. The molecule has 4 heteroatoms. The molecule has 2 N–H and O–H groups in total. The standard InChI is InChI=1S/C15H22O4/c1-7-4-5-10(17)15(3)6-9(16)11-8(2)14(18)19-13(11)12(7)15/h8-13,16-17H,1,4-6H2,2-3H3/t8-,9+,10-,11-,12-,13+,15+/m1/s1. The molecule has 2 aliphatic carbocycles. The smallest absolute Gasteiger partial charge is 0.309 e. The van der Waals surface area contributed by atoms with Crippen LogP contribution in [0.5, 0.6) is 0 Å². The molecule has 3 fully saturated rings. The minimum atomic E-state index is -0.590. The second kappa shape index (κ2) is 4.06. The summed E-state index contributed by atoms with van der Waals surface area (Å²) in [5.74, 6) is -0.686. The lowest BCUT2D eigenvalue weighted by molar-refractivity contribution is -0.161. The number of hydrogen-bond donors (Lipinski definition) is 2. The summed E-state index contributed by atoms with van der Waals surface area (Å²) in [5.41, 5.74) is 0.622. The van der Waals surface area contributed by atoms with Crippen LogP contribution in [0, 0.1) is 23.2 Å². The van der Waals surface area contributed by atoms with Gasteiger partial charge in [0.1, 0.15) is 6.10 Å². The maximum atomic E-state index is 11.8. The number of aliphatic hydroxyl groups is 2. The average Bonchev–Trinajstić information content (AvgIpc) is 2.61. The highest BCUT2D eigenvalue weighted by Crippen LogP contribution is 2.57. The number of hydrogen-bond acceptors (Lipinski definition) is 4. The van der Waals surface area contributed by atoms with Crippen LogP contribution in [-0.4, -0.2) is 34.5 Å². The predicted octanol–water partition coefficient (Wildman–Crippen LogP) is 1.26. The van der Waals surface area contributed by atoms with Crippen LogP contribution in [-0.2, 0) is 9.53 Å². The van der Waals surface area contributed by atoms with Gasteiger partial charge in [0.25, 0.3) is 0 Å². The molecule has 3 aliphatic rings. The van der Waals surface area contributed by atoms with Crippen LogP contribution in [0.4, 0.5) is 0 Å². The maximum absolute atomic E-state index is 11.8. The van der Waals surface area contributed by atoms with E-state index in [4.69, 9.17) is 4.74 Å². The van der Waals surface area contributed by atoms with Gasteiger partial charge < -0.3 is 14.9 Å². The lowest BCUT2D eigenvalue weighted by Gasteiger charge is -2.54. The van der Waals surface area contributed by atoms with E-state index in [0.717, 1.165) is 12.0 Å². The Bertz CT molecular complexity index is 432. The van der Waals surface area contributed by atoms with Crippen molar-refractivity contribution in [3.8, 4) is 0 Å². The van der Waals surface area contributed by atoms with Crippen LogP contribution >= 0.6 is 0 Å². The highest BCUT2D eigenvalue weighted by atomic mass is 16.6. The molecule has 0 unspecified atom stereocenters. The molecule has 0 spiro atoms. The first-order valence-corrected chi connectivity index (χ1v) is 7.10. The predicted molar refractivity (Wildman–Crippen MR) is 69.1 cm³/mol. The van der Waals surface area contributed by atoms with Gasteiger partial charge in [-0.05, 0) is 19.3 Å². The molecule has 1 aliphatic heterocycles. The summed E-state index contributed by atoms with van der Waals surface area (Å²) in [6.07, 6.45) is 0.590. The van der Waals surface area contributed by atoms with E-state index in [0.29, 0.717) is 12.8 Å². The van der Waals surface area contributed by atoms with E-state index in [1.807, 2.05) is 13.8 Å². The third-order valence-electron chi connectivity index (χ3n) is 5.65.